The van der Waals surface area contributed by atoms with Gasteiger partial charge >= 0.3 is 0 Å². The number of nitrogens with one attached hydrogen (secondary N) is 1. The summed E-state index contributed by atoms with van der Waals surface area (Å²) in [5, 5.41) is 3.73. The molecular formula is C19H21Cl2NO4. The maximum absolute atomic E-state index is 12.5. The van der Waals surface area contributed by atoms with Gasteiger partial charge in [-0.15, -0.1) is 0 Å². The van der Waals surface area contributed by atoms with E-state index < -0.39 is 6.10 Å². The molecule has 0 fully saturated rings. The summed E-state index contributed by atoms with van der Waals surface area (Å²) in [7, 11) is 3.15. The molecule has 0 bridgehead atoms. The van der Waals surface area contributed by atoms with Crippen LogP contribution < -0.4 is 19.5 Å². The van der Waals surface area contributed by atoms with Crippen LogP contribution >= 0.6 is 23.2 Å². The van der Waals surface area contributed by atoms with Crippen molar-refractivity contribution in [3.05, 3.63) is 52.0 Å². The fourth-order valence-corrected chi connectivity index (χ4v) is 2.79. The molecule has 0 spiro atoms. The highest BCUT2D eigenvalue weighted by Gasteiger charge is 2.20. The second-order valence-corrected chi connectivity index (χ2v) is 6.33. The number of rotatable bonds is 8. The van der Waals surface area contributed by atoms with Crippen molar-refractivity contribution in [3.63, 3.8) is 0 Å². The summed E-state index contributed by atoms with van der Waals surface area (Å²) in [6.07, 6.45) is -0.178. The van der Waals surface area contributed by atoms with Crippen LogP contribution in [-0.2, 0) is 11.3 Å². The van der Waals surface area contributed by atoms with Gasteiger partial charge in [0.1, 0.15) is 17.2 Å². The van der Waals surface area contributed by atoms with E-state index in [4.69, 9.17) is 37.4 Å². The van der Waals surface area contributed by atoms with Crippen LogP contribution in [0.3, 0.4) is 0 Å². The third-order valence-electron chi connectivity index (χ3n) is 3.77. The Morgan fingerprint density at radius 2 is 1.85 bits per heavy atom. The Morgan fingerprint density at radius 3 is 2.46 bits per heavy atom. The number of benzene rings is 2. The molecule has 0 saturated heterocycles. The Labute approximate surface area is 163 Å². The van der Waals surface area contributed by atoms with Crippen molar-refractivity contribution in [2.75, 3.05) is 14.2 Å². The van der Waals surface area contributed by atoms with Gasteiger partial charge in [-0.2, -0.15) is 0 Å². The second kappa shape index (κ2) is 9.55. The molecule has 1 amide bonds. The first-order valence-electron chi connectivity index (χ1n) is 8.08. The molecule has 0 radical (unpaired) electrons. The molecule has 0 aliphatic heterocycles. The topological polar surface area (TPSA) is 56.8 Å². The van der Waals surface area contributed by atoms with Gasteiger partial charge in [0.25, 0.3) is 5.91 Å². The van der Waals surface area contributed by atoms with E-state index in [1.54, 1.807) is 38.5 Å². The van der Waals surface area contributed by atoms with Gasteiger partial charge in [-0.3, -0.25) is 4.79 Å². The highest BCUT2D eigenvalue weighted by molar-refractivity contribution is 6.35. The van der Waals surface area contributed by atoms with E-state index in [-0.39, 0.29) is 5.91 Å². The molecule has 2 aromatic carbocycles. The number of amides is 1. The lowest BCUT2D eigenvalue weighted by molar-refractivity contribution is -0.128. The minimum atomic E-state index is -0.669. The molecule has 0 aliphatic rings. The van der Waals surface area contributed by atoms with Gasteiger partial charge in [0, 0.05) is 23.2 Å². The van der Waals surface area contributed by atoms with Crippen LogP contribution in [0.4, 0.5) is 0 Å². The quantitative estimate of drug-likeness (QED) is 0.712. The molecule has 140 valence electrons. The summed E-state index contributed by atoms with van der Waals surface area (Å²) in [6, 6.07) is 10.3. The number of methoxy groups -OCH3 is 2. The van der Waals surface area contributed by atoms with E-state index in [0.717, 1.165) is 5.56 Å². The fraction of sp³-hybridized carbons (Fsp3) is 0.316. The molecule has 2 rings (SSSR count). The lowest BCUT2D eigenvalue weighted by Gasteiger charge is -2.19. The van der Waals surface area contributed by atoms with Gasteiger partial charge in [-0.25, -0.2) is 0 Å². The molecule has 1 unspecified atom stereocenters. The van der Waals surface area contributed by atoms with Gasteiger partial charge in [-0.1, -0.05) is 30.1 Å². The van der Waals surface area contributed by atoms with Crippen molar-refractivity contribution in [3.8, 4) is 17.2 Å². The molecule has 7 heteroatoms. The predicted molar refractivity (Wildman–Crippen MR) is 103 cm³/mol. The van der Waals surface area contributed by atoms with E-state index in [2.05, 4.69) is 5.32 Å². The normalized spacial score (nSPS) is 11.6. The molecular weight excluding hydrogens is 377 g/mol. The van der Waals surface area contributed by atoms with Gasteiger partial charge in [0.2, 0.25) is 0 Å². The van der Waals surface area contributed by atoms with Gasteiger partial charge in [-0.05, 0) is 36.8 Å². The van der Waals surface area contributed by atoms with E-state index in [0.29, 0.717) is 40.3 Å². The van der Waals surface area contributed by atoms with Crippen LogP contribution in [0.2, 0.25) is 10.0 Å². The molecule has 5 nitrogen and oxygen atoms in total. The van der Waals surface area contributed by atoms with Crippen LogP contribution in [0.15, 0.2) is 36.4 Å². The zero-order valence-corrected chi connectivity index (χ0v) is 16.4. The van der Waals surface area contributed by atoms with Crippen LogP contribution in [0.25, 0.3) is 0 Å². The summed E-state index contributed by atoms with van der Waals surface area (Å²) in [4.78, 5) is 12.5. The van der Waals surface area contributed by atoms with E-state index >= 15 is 0 Å². The summed E-state index contributed by atoms with van der Waals surface area (Å²) in [5.41, 5.74) is 0.834. The Kier molecular flexibility index (Phi) is 7.42. The number of halogens is 2. The van der Waals surface area contributed by atoms with Crippen molar-refractivity contribution in [2.24, 2.45) is 0 Å². The molecule has 2 aromatic rings. The first-order chi connectivity index (χ1) is 12.5. The molecule has 0 aromatic heterocycles. The summed E-state index contributed by atoms with van der Waals surface area (Å²) >= 11 is 12.0. The molecule has 1 N–H and O–H groups in total. The molecule has 0 saturated carbocycles. The first kappa shape index (κ1) is 20.2. The van der Waals surface area contributed by atoms with Crippen molar-refractivity contribution in [1.82, 2.24) is 5.32 Å². The maximum atomic E-state index is 12.5. The second-order valence-electron chi connectivity index (χ2n) is 5.49. The van der Waals surface area contributed by atoms with E-state index in [1.807, 2.05) is 19.1 Å². The maximum Gasteiger partial charge on any atom is 0.261 e. The zero-order valence-electron chi connectivity index (χ0n) is 14.8. The number of ether oxygens (including phenoxy) is 3. The third kappa shape index (κ3) is 5.19. The highest BCUT2D eigenvalue weighted by Crippen LogP contribution is 2.29. The SMILES string of the molecule is CCC(Oc1ccc(Cl)cc1Cl)C(=O)NCc1ccc(OC)cc1OC. The Morgan fingerprint density at radius 1 is 1.08 bits per heavy atom. The Hall–Kier alpha value is -2.11. The first-order valence-corrected chi connectivity index (χ1v) is 8.84. The van der Waals surface area contributed by atoms with Gasteiger partial charge < -0.3 is 19.5 Å². The Bertz CT molecular complexity index is 767. The molecule has 1 atom stereocenters. The van der Waals surface area contributed by atoms with Gasteiger partial charge in [0.15, 0.2) is 6.10 Å². The van der Waals surface area contributed by atoms with Crippen LogP contribution in [0.1, 0.15) is 18.9 Å². The highest BCUT2D eigenvalue weighted by atomic mass is 35.5. The monoisotopic (exact) mass is 397 g/mol. The van der Waals surface area contributed by atoms with Crippen molar-refractivity contribution < 1.29 is 19.0 Å². The van der Waals surface area contributed by atoms with Crippen molar-refractivity contribution in [1.29, 1.82) is 0 Å². The van der Waals surface area contributed by atoms with Crippen LogP contribution in [0, 0.1) is 0 Å². The summed E-state index contributed by atoms with van der Waals surface area (Å²) < 4.78 is 16.2. The summed E-state index contributed by atoms with van der Waals surface area (Å²) in [6.45, 7) is 2.17. The molecule has 0 aliphatic carbocycles. The number of carbonyl (C=O) groups excluding carboxylic acids is 1. The average Bonchev–Trinajstić information content (AvgIpc) is 2.65. The van der Waals surface area contributed by atoms with Crippen LogP contribution in [-0.4, -0.2) is 26.2 Å². The average molecular weight is 398 g/mol. The van der Waals surface area contributed by atoms with E-state index in [9.17, 15) is 4.79 Å². The molecule has 26 heavy (non-hydrogen) atoms. The van der Waals surface area contributed by atoms with Gasteiger partial charge in [0.05, 0.1) is 19.2 Å². The third-order valence-corrected chi connectivity index (χ3v) is 4.30. The smallest absolute Gasteiger partial charge is 0.261 e. The Balaban J connectivity index is 2.03. The predicted octanol–water partition coefficient (Wildman–Crippen LogP) is 4.48. The summed E-state index contributed by atoms with van der Waals surface area (Å²) in [5.74, 6) is 1.50. The minimum Gasteiger partial charge on any atom is -0.497 e. The molecule has 0 heterocycles. The largest absolute Gasteiger partial charge is 0.497 e. The van der Waals surface area contributed by atoms with E-state index in [1.165, 1.54) is 0 Å². The zero-order chi connectivity index (χ0) is 19.1. The number of hydrogen-bond acceptors (Lipinski definition) is 4. The fourth-order valence-electron chi connectivity index (χ4n) is 2.34. The standard InChI is InChI=1S/C19H21Cl2NO4/c1-4-16(26-17-8-6-13(20)9-15(17)21)19(23)22-11-12-5-7-14(24-2)10-18(12)25-3/h5-10,16H,4,11H2,1-3H3,(H,22,23). The van der Waals surface area contributed by atoms with Crippen molar-refractivity contribution >= 4 is 29.1 Å². The minimum absolute atomic E-state index is 0.239. The van der Waals surface area contributed by atoms with Crippen molar-refractivity contribution in [2.45, 2.75) is 26.0 Å². The number of carbonyl (C=O) groups is 1. The lowest BCUT2D eigenvalue weighted by Crippen LogP contribution is -2.37. The lowest BCUT2D eigenvalue weighted by atomic mass is 10.1. The number of hydrogen-bond donors (Lipinski definition) is 1. The van der Waals surface area contributed by atoms with Crippen LogP contribution in [0.5, 0.6) is 17.2 Å².